The Hall–Kier alpha value is -8.26. The molecule has 0 aliphatic rings. The number of nitrogens with one attached hydrogen (secondary N) is 2. The third-order valence-corrected chi connectivity index (χ3v) is 8.68. The van der Waals surface area contributed by atoms with Gasteiger partial charge in [0.25, 0.3) is 0 Å². The van der Waals surface area contributed by atoms with E-state index in [-0.39, 0.29) is 45.4 Å². The molecule has 0 amide bonds. The van der Waals surface area contributed by atoms with E-state index in [1.165, 1.54) is 49.3 Å². The number of aromatic nitrogens is 10. The second kappa shape index (κ2) is 15.8. The SMILES string of the molecule is C[C@@H](Nc1ncnc(N)c1C#N)c1nc2c(F)cccc2n1-c1cncc(F)c1.C[C@H](Nc1ncnc(N)c1C#N)c1nc2c(F)cccc2n1-c1cncc(F)c1. The van der Waals surface area contributed by atoms with Crippen molar-refractivity contribution in [1.82, 2.24) is 49.0 Å². The summed E-state index contributed by atoms with van der Waals surface area (Å²) in [6.07, 6.45) is 7.51. The van der Waals surface area contributed by atoms with E-state index in [0.717, 1.165) is 12.4 Å². The molecule has 0 bridgehead atoms. The molecule has 16 nitrogen and oxygen atoms in total. The Morgan fingerprint density at radius 3 is 1.41 bits per heavy atom. The molecule has 0 unspecified atom stereocenters. The second-order valence-electron chi connectivity index (χ2n) is 12.5. The Balaban J connectivity index is 0.000000177. The van der Waals surface area contributed by atoms with Crippen LogP contribution in [-0.4, -0.2) is 49.0 Å². The molecule has 0 saturated heterocycles. The molecule has 8 rings (SSSR count). The van der Waals surface area contributed by atoms with Gasteiger partial charge >= 0.3 is 0 Å². The van der Waals surface area contributed by atoms with Crippen LogP contribution in [0.5, 0.6) is 0 Å². The lowest BCUT2D eigenvalue weighted by molar-refractivity contribution is 0.618. The number of nitrogens with two attached hydrogens (primary N) is 2. The Bertz CT molecular complexity index is 2720. The van der Waals surface area contributed by atoms with Crippen molar-refractivity contribution in [3.05, 3.63) is 132 Å². The molecule has 0 aliphatic heterocycles. The summed E-state index contributed by atoms with van der Waals surface area (Å²) in [6.45, 7) is 3.50. The van der Waals surface area contributed by atoms with Crippen molar-refractivity contribution in [1.29, 1.82) is 10.5 Å². The van der Waals surface area contributed by atoms with E-state index in [0.29, 0.717) is 34.1 Å². The standard InChI is InChI=1S/2C19H14F2N8/c2*1-10(27-18-13(6-22)17(23)25-9-26-18)19-28-16-14(21)3-2-4-15(16)29(19)12-5-11(20)7-24-8-12/h2*2-5,7-10H,1H3,(H3,23,25,26,27)/t2*10-/m10/s1. The molecular weight excluding hydrogens is 757 g/mol. The summed E-state index contributed by atoms with van der Waals surface area (Å²) in [5.41, 5.74) is 13.5. The first-order chi connectivity index (χ1) is 28.0. The first-order valence-electron chi connectivity index (χ1n) is 17.1. The van der Waals surface area contributed by atoms with Gasteiger partial charge in [-0.15, -0.1) is 0 Å². The van der Waals surface area contributed by atoms with Crippen molar-refractivity contribution < 1.29 is 17.6 Å². The average Bonchev–Trinajstić information content (AvgIpc) is 3.80. The molecule has 8 aromatic rings. The van der Waals surface area contributed by atoms with E-state index >= 15 is 0 Å². The molecule has 58 heavy (non-hydrogen) atoms. The number of para-hydroxylation sites is 2. The van der Waals surface area contributed by atoms with Gasteiger partial charge in [-0.25, -0.2) is 47.5 Å². The highest BCUT2D eigenvalue weighted by molar-refractivity contribution is 5.80. The Morgan fingerprint density at radius 2 is 1.03 bits per heavy atom. The number of nitriles is 2. The summed E-state index contributed by atoms with van der Waals surface area (Å²) < 4.78 is 59.6. The molecule has 0 aliphatic carbocycles. The number of imidazole rings is 2. The number of anilines is 4. The maximum atomic E-state index is 14.4. The first kappa shape index (κ1) is 38.0. The summed E-state index contributed by atoms with van der Waals surface area (Å²) in [6, 6.07) is 14.4. The topological polar surface area (TPSA) is 237 Å². The van der Waals surface area contributed by atoms with Crippen LogP contribution in [0.25, 0.3) is 33.4 Å². The smallest absolute Gasteiger partial charge is 0.151 e. The van der Waals surface area contributed by atoms with Crippen molar-refractivity contribution in [2.75, 3.05) is 22.1 Å². The van der Waals surface area contributed by atoms with Crippen molar-refractivity contribution in [2.45, 2.75) is 25.9 Å². The number of pyridine rings is 2. The molecule has 6 aromatic heterocycles. The molecule has 2 aromatic carbocycles. The highest BCUT2D eigenvalue weighted by Gasteiger charge is 2.24. The lowest BCUT2D eigenvalue weighted by atomic mass is 10.2. The van der Waals surface area contributed by atoms with Crippen LogP contribution in [0.15, 0.2) is 86.0 Å². The quantitative estimate of drug-likeness (QED) is 0.125. The van der Waals surface area contributed by atoms with Crippen LogP contribution in [0.4, 0.5) is 40.8 Å². The summed E-state index contributed by atoms with van der Waals surface area (Å²) in [4.78, 5) is 32.3. The number of hydrogen-bond acceptors (Lipinski definition) is 14. The summed E-state index contributed by atoms with van der Waals surface area (Å²) >= 11 is 0. The maximum Gasteiger partial charge on any atom is 0.151 e. The lowest BCUT2D eigenvalue weighted by Crippen LogP contribution is -2.15. The van der Waals surface area contributed by atoms with E-state index in [2.05, 4.69) is 50.5 Å². The van der Waals surface area contributed by atoms with Crippen molar-refractivity contribution >= 4 is 45.3 Å². The molecule has 6 heterocycles. The maximum absolute atomic E-state index is 14.4. The van der Waals surface area contributed by atoms with Crippen LogP contribution in [0, 0.1) is 45.9 Å². The predicted octanol–water partition coefficient (Wildman–Crippen LogP) is 6.23. The zero-order chi connectivity index (χ0) is 41.1. The van der Waals surface area contributed by atoms with Gasteiger partial charge in [-0.05, 0) is 38.1 Å². The lowest BCUT2D eigenvalue weighted by Gasteiger charge is -2.17. The fraction of sp³-hybridized carbons (Fsp3) is 0.105. The number of nitrogen functional groups attached to an aromatic ring is 2. The fourth-order valence-corrected chi connectivity index (χ4v) is 6.11. The first-order valence-corrected chi connectivity index (χ1v) is 17.1. The van der Waals surface area contributed by atoms with Crippen molar-refractivity contribution in [2.24, 2.45) is 0 Å². The largest absolute Gasteiger partial charge is 0.382 e. The van der Waals surface area contributed by atoms with Gasteiger partial charge in [-0.1, -0.05) is 12.1 Å². The second-order valence-corrected chi connectivity index (χ2v) is 12.5. The molecule has 0 saturated carbocycles. The summed E-state index contributed by atoms with van der Waals surface area (Å²) in [7, 11) is 0. The summed E-state index contributed by atoms with van der Waals surface area (Å²) in [5.74, 6) is -0.862. The number of fused-ring (bicyclic) bond motifs is 2. The van der Waals surface area contributed by atoms with Gasteiger partial charge in [0.05, 0.1) is 59.3 Å². The molecule has 2 atom stereocenters. The van der Waals surface area contributed by atoms with Crippen LogP contribution in [0.1, 0.15) is 48.7 Å². The van der Waals surface area contributed by atoms with E-state index in [1.54, 1.807) is 47.2 Å². The molecular formula is C38H28F4N16. The van der Waals surface area contributed by atoms with Crippen LogP contribution in [-0.2, 0) is 0 Å². The average molecular weight is 785 g/mol. The highest BCUT2D eigenvalue weighted by Crippen LogP contribution is 2.31. The number of halogens is 4. The fourth-order valence-electron chi connectivity index (χ4n) is 6.11. The number of rotatable bonds is 8. The minimum absolute atomic E-state index is 0.0334. The zero-order valence-electron chi connectivity index (χ0n) is 30.3. The molecule has 6 N–H and O–H groups in total. The van der Waals surface area contributed by atoms with Crippen LogP contribution < -0.4 is 22.1 Å². The van der Waals surface area contributed by atoms with Crippen LogP contribution in [0.2, 0.25) is 0 Å². The van der Waals surface area contributed by atoms with Gasteiger partial charge in [0.15, 0.2) is 11.6 Å². The van der Waals surface area contributed by atoms with Gasteiger partial charge in [0.2, 0.25) is 0 Å². The molecule has 0 radical (unpaired) electrons. The van der Waals surface area contributed by atoms with Gasteiger partial charge < -0.3 is 22.1 Å². The van der Waals surface area contributed by atoms with Gasteiger partial charge in [-0.2, -0.15) is 10.5 Å². The zero-order valence-corrected chi connectivity index (χ0v) is 30.3. The third-order valence-electron chi connectivity index (χ3n) is 8.68. The minimum atomic E-state index is -0.550. The summed E-state index contributed by atoms with van der Waals surface area (Å²) in [5, 5.41) is 24.8. The minimum Gasteiger partial charge on any atom is -0.382 e. The molecule has 20 heteroatoms. The van der Waals surface area contributed by atoms with E-state index in [4.69, 9.17) is 11.5 Å². The monoisotopic (exact) mass is 784 g/mol. The molecule has 288 valence electrons. The molecule has 0 spiro atoms. The predicted molar refractivity (Wildman–Crippen MR) is 204 cm³/mol. The Labute approximate surface area is 325 Å². The van der Waals surface area contributed by atoms with Crippen molar-refractivity contribution in [3.63, 3.8) is 0 Å². The molecule has 0 fully saturated rings. The number of hydrogen-bond donors (Lipinski definition) is 4. The number of nitrogens with zero attached hydrogens (tertiary/aromatic N) is 12. The third kappa shape index (κ3) is 7.27. The Kier molecular flexibility index (Phi) is 10.4. The highest BCUT2D eigenvalue weighted by atomic mass is 19.1. The number of benzene rings is 2. The van der Waals surface area contributed by atoms with Gasteiger partial charge in [-0.3, -0.25) is 19.1 Å². The van der Waals surface area contributed by atoms with E-state index in [1.807, 2.05) is 12.1 Å². The van der Waals surface area contributed by atoms with Gasteiger partial charge in [0, 0.05) is 12.1 Å². The normalized spacial score (nSPS) is 11.9. The van der Waals surface area contributed by atoms with Gasteiger partial charge in [0.1, 0.15) is 93.5 Å². The van der Waals surface area contributed by atoms with Crippen molar-refractivity contribution in [3.8, 4) is 23.5 Å². The van der Waals surface area contributed by atoms with Crippen LogP contribution in [0.3, 0.4) is 0 Å². The van der Waals surface area contributed by atoms with E-state index < -0.39 is 35.4 Å². The Morgan fingerprint density at radius 1 is 0.621 bits per heavy atom. The van der Waals surface area contributed by atoms with E-state index in [9.17, 15) is 28.1 Å². The van der Waals surface area contributed by atoms with Crippen LogP contribution >= 0.6 is 0 Å².